The molecule has 0 aliphatic rings. The van der Waals surface area contributed by atoms with Crippen molar-refractivity contribution in [1.29, 1.82) is 5.26 Å². The Kier molecular flexibility index (Phi) is 5.84. The number of benzene rings is 2. The van der Waals surface area contributed by atoms with Gasteiger partial charge in [0.05, 0.1) is 17.2 Å². The minimum absolute atomic E-state index is 0.0379. The van der Waals surface area contributed by atoms with E-state index in [9.17, 15) is 9.59 Å². The molecular formula is C19H15BrN4O3. The second-order valence-corrected chi connectivity index (χ2v) is 6.63. The molecule has 0 aliphatic heterocycles. The summed E-state index contributed by atoms with van der Waals surface area (Å²) in [4.78, 5) is 28.9. The molecule has 0 saturated heterocycles. The third-order valence-electron chi connectivity index (χ3n) is 3.79. The molecule has 1 amide bonds. The van der Waals surface area contributed by atoms with Crippen molar-refractivity contribution in [3.8, 4) is 11.8 Å². The number of carbonyl (C=O) groups is 1. The van der Waals surface area contributed by atoms with Crippen molar-refractivity contribution in [1.82, 2.24) is 14.9 Å². The number of nitriles is 1. The Morgan fingerprint density at radius 3 is 2.96 bits per heavy atom. The van der Waals surface area contributed by atoms with E-state index in [4.69, 9.17) is 10.00 Å². The standard InChI is InChI=1S/C19H15BrN4O3/c20-14-4-5-17-16(9-14)19(26)24(12-23-17)11-18(25)22-10-13-2-1-3-15(8-13)27-7-6-21/h1-5,8-9,12H,7,10-11H2,(H,22,25). The molecule has 0 spiro atoms. The van der Waals surface area contributed by atoms with Gasteiger partial charge >= 0.3 is 0 Å². The molecule has 0 bridgehead atoms. The lowest BCUT2D eigenvalue weighted by Crippen LogP contribution is -2.32. The summed E-state index contributed by atoms with van der Waals surface area (Å²) in [5.74, 6) is 0.250. The average molecular weight is 427 g/mol. The molecule has 3 aromatic rings. The first-order valence-corrected chi connectivity index (χ1v) is 8.86. The van der Waals surface area contributed by atoms with E-state index in [0.717, 1.165) is 10.0 Å². The highest BCUT2D eigenvalue weighted by atomic mass is 79.9. The highest BCUT2D eigenvalue weighted by Gasteiger charge is 2.09. The summed E-state index contributed by atoms with van der Waals surface area (Å²) in [6.07, 6.45) is 1.37. The number of rotatable bonds is 6. The van der Waals surface area contributed by atoms with E-state index >= 15 is 0 Å². The zero-order valence-electron chi connectivity index (χ0n) is 14.2. The number of fused-ring (bicyclic) bond motifs is 1. The lowest BCUT2D eigenvalue weighted by molar-refractivity contribution is -0.121. The lowest BCUT2D eigenvalue weighted by Gasteiger charge is -2.09. The van der Waals surface area contributed by atoms with Crippen molar-refractivity contribution >= 4 is 32.7 Å². The summed E-state index contributed by atoms with van der Waals surface area (Å²) in [5.41, 5.74) is 1.13. The SMILES string of the molecule is N#CCOc1cccc(CNC(=O)Cn2cnc3ccc(Br)cc3c2=O)c1. The van der Waals surface area contributed by atoms with E-state index < -0.39 is 0 Å². The Bertz CT molecular complexity index is 1090. The Labute approximate surface area is 163 Å². The molecule has 8 heteroatoms. The van der Waals surface area contributed by atoms with Gasteiger partial charge in [-0.1, -0.05) is 28.1 Å². The summed E-state index contributed by atoms with van der Waals surface area (Å²) in [6, 6.07) is 14.2. The van der Waals surface area contributed by atoms with Crippen LogP contribution in [-0.4, -0.2) is 22.1 Å². The number of aromatic nitrogens is 2. The Hall–Kier alpha value is -3.18. The Balaban J connectivity index is 1.66. The highest BCUT2D eigenvalue weighted by molar-refractivity contribution is 9.10. The third-order valence-corrected chi connectivity index (χ3v) is 4.28. The quantitative estimate of drug-likeness (QED) is 0.652. The van der Waals surface area contributed by atoms with Gasteiger partial charge in [0.15, 0.2) is 6.61 Å². The van der Waals surface area contributed by atoms with E-state index in [0.29, 0.717) is 16.7 Å². The monoisotopic (exact) mass is 426 g/mol. The highest BCUT2D eigenvalue weighted by Crippen LogP contribution is 2.15. The summed E-state index contributed by atoms with van der Waals surface area (Å²) >= 11 is 3.33. The summed E-state index contributed by atoms with van der Waals surface area (Å²) < 4.78 is 7.28. The number of nitrogens with one attached hydrogen (secondary N) is 1. The molecule has 27 heavy (non-hydrogen) atoms. The van der Waals surface area contributed by atoms with Gasteiger partial charge in [0, 0.05) is 11.0 Å². The number of nitrogens with zero attached hydrogens (tertiary/aromatic N) is 3. The van der Waals surface area contributed by atoms with Crippen LogP contribution < -0.4 is 15.6 Å². The zero-order valence-corrected chi connectivity index (χ0v) is 15.8. The van der Waals surface area contributed by atoms with Crippen molar-refractivity contribution in [3.63, 3.8) is 0 Å². The number of hydrogen-bond donors (Lipinski definition) is 1. The second kappa shape index (κ2) is 8.47. The predicted molar refractivity (Wildman–Crippen MR) is 103 cm³/mol. The summed E-state index contributed by atoms with van der Waals surface area (Å²) in [5, 5.41) is 11.8. The van der Waals surface area contributed by atoms with Gasteiger partial charge in [-0.3, -0.25) is 14.2 Å². The molecule has 3 rings (SSSR count). The second-order valence-electron chi connectivity index (χ2n) is 5.71. The molecule has 2 aromatic carbocycles. The fraction of sp³-hybridized carbons (Fsp3) is 0.158. The third kappa shape index (κ3) is 4.71. The van der Waals surface area contributed by atoms with Gasteiger partial charge in [-0.25, -0.2) is 4.98 Å². The Morgan fingerprint density at radius 2 is 2.15 bits per heavy atom. The van der Waals surface area contributed by atoms with Crippen LogP contribution in [0, 0.1) is 11.3 Å². The first kappa shape index (κ1) is 18.6. The van der Waals surface area contributed by atoms with E-state index in [-0.39, 0.29) is 31.2 Å². The summed E-state index contributed by atoms with van der Waals surface area (Å²) in [7, 11) is 0. The molecule has 0 fully saturated rings. The molecule has 0 atom stereocenters. The van der Waals surface area contributed by atoms with Gasteiger partial charge in [0.2, 0.25) is 5.91 Å². The molecule has 0 radical (unpaired) electrons. The van der Waals surface area contributed by atoms with Crippen molar-refractivity contribution in [2.24, 2.45) is 0 Å². The van der Waals surface area contributed by atoms with E-state index in [1.54, 1.807) is 36.4 Å². The van der Waals surface area contributed by atoms with E-state index in [1.165, 1.54) is 10.9 Å². The zero-order chi connectivity index (χ0) is 19.2. The largest absolute Gasteiger partial charge is 0.479 e. The number of amides is 1. The van der Waals surface area contributed by atoms with Gasteiger partial charge in [-0.05, 0) is 35.9 Å². The maximum atomic E-state index is 12.5. The van der Waals surface area contributed by atoms with Gasteiger partial charge < -0.3 is 10.1 Å². The first-order valence-electron chi connectivity index (χ1n) is 8.07. The molecule has 0 saturated carbocycles. The van der Waals surface area contributed by atoms with Crippen LogP contribution in [0.4, 0.5) is 0 Å². The maximum absolute atomic E-state index is 12.5. The Morgan fingerprint density at radius 1 is 1.30 bits per heavy atom. The number of halogens is 1. The topological polar surface area (TPSA) is 97.0 Å². The molecule has 1 aromatic heterocycles. The molecule has 0 unspecified atom stereocenters. The minimum Gasteiger partial charge on any atom is -0.479 e. The number of hydrogen-bond acceptors (Lipinski definition) is 5. The van der Waals surface area contributed by atoms with Gasteiger partial charge in [-0.2, -0.15) is 5.26 Å². The van der Waals surface area contributed by atoms with Crippen molar-refractivity contribution < 1.29 is 9.53 Å². The molecule has 136 valence electrons. The summed E-state index contributed by atoms with van der Waals surface area (Å²) in [6.45, 7) is 0.118. The van der Waals surface area contributed by atoms with Crippen LogP contribution in [0.2, 0.25) is 0 Å². The van der Waals surface area contributed by atoms with Crippen molar-refractivity contribution in [3.05, 3.63) is 69.2 Å². The number of ether oxygens (including phenoxy) is 1. The smallest absolute Gasteiger partial charge is 0.261 e. The van der Waals surface area contributed by atoms with Crippen LogP contribution in [0.25, 0.3) is 10.9 Å². The molecule has 0 aliphatic carbocycles. The lowest BCUT2D eigenvalue weighted by atomic mass is 10.2. The fourth-order valence-corrected chi connectivity index (χ4v) is 2.88. The normalized spacial score (nSPS) is 10.4. The molecule has 1 N–H and O–H groups in total. The first-order chi connectivity index (χ1) is 13.1. The predicted octanol–water partition coefficient (Wildman–Crippen LogP) is 2.38. The van der Waals surface area contributed by atoms with Crippen LogP contribution in [0.15, 0.2) is 58.1 Å². The molecule has 1 heterocycles. The number of carbonyl (C=O) groups excluding carboxylic acids is 1. The van der Waals surface area contributed by atoms with Gasteiger partial charge in [0.1, 0.15) is 18.4 Å². The van der Waals surface area contributed by atoms with Gasteiger partial charge in [-0.15, -0.1) is 0 Å². The van der Waals surface area contributed by atoms with Crippen LogP contribution in [0.5, 0.6) is 5.75 Å². The van der Waals surface area contributed by atoms with Crippen LogP contribution in [0.1, 0.15) is 5.56 Å². The van der Waals surface area contributed by atoms with Gasteiger partial charge in [0.25, 0.3) is 5.56 Å². The molecule has 7 nitrogen and oxygen atoms in total. The van der Waals surface area contributed by atoms with Crippen LogP contribution >= 0.6 is 15.9 Å². The molecular weight excluding hydrogens is 412 g/mol. The maximum Gasteiger partial charge on any atom is 0.261 e. The van der Waals surface area contributed by atoms with Crippen LogP contribution in [0.3, 0.4) is 0 Å². The fourth-order valence-electron chi connectivity index (χ4n) is 2.52. The minimum atomic E-state index is -0.309. The van der Waals surface area contributed by atoms with E-state index in [2.05, 4.69) is 26.2 Å². The average Bonchev–Trinajstić information content (AvgIpc) is 2.68. The van der Waals surface area contributed by atoms with Crippen LogP contribution in [-0.2, 0) is 17.9 Å². The van der Waals surface area contributed by atoms with Crippen molar-refractivity contribution in [2.75, 3.05) is 6.61 Å². The van der Waals surface area contributed by atoms with E-state index in [1.807, 2.05) is 12.1 Å². The van der Waals surface area contributed by atoms with Crippen molar-refractivity contribution in [2.45, 2.75) is 13.1 Å².